The van der Waals surface area contributed by atoms with Crippen molar-refractivity contribution in [3.05, 3.63) is 45.6 Å². The van der Waals surface area contributed by atoms with Gasteiger partial charge >= 0.3 is 0 Å². The van der Waals surface area contributed by atoms with Gasteiger partial charge in [0.25, 0.3) is 5.69 Å². The van der Waals surface area contributed by atoms with Crippen molar-refractivity contribution in [2.45, 2.75) is 13.5 Å². The highest BCUT2D eigenvalue weighted by Crippen LogP contribution is 2.14. The van der Waals surface area contributed by atoms with Crippen LogP contribution >= 0.6 is 0 Å². The number of nitrogens with zero attached hydrogens (tertiary/aromatic N) is 4. The molecule has 2 aromatic rings. The van der Waals surface area contributed by atoms with E-state index in [0.717, 1.165) is 11.3 Å². The Bertz CT molecular complexity index is 546. The topological polar surface area (TPSA) is 99.9 Å². The summed E-state index contributed by atoms with van der Waals surface area (Å²) in [7, 11) is 0. The molecule has 0 radical (unpaired) electrons. The van der Waals surface area contributed by atoms with E-state index in [4.69, 9.17) is 5.73 Å². The lowest BCUT2D eigenvalue weighted by Crippen LogP contribution is -2.04. The highest BCUT2D eigenvalue weighted by Gasteiger charge is 2.07. The van der Waals surface area contributed by atoms with Crippen molar-refractivity contribution in [1.29, 1.82) is 0 Å². The molecule has 1 heterocycles. The summed E-state index contributed by atoms with van der Waals surface area (Å²) >= 11 is 0. The molecule has 88 valence electrons. The van der Waals surface area contributed by atoms with Crippen LogP contribution in [0.25, 0.3) is 0 Å². The minimum atomic E-state index is -0.428. The second-order valence-corrected chi connectivity index (χ2v) is 3.64. The van der Waals surface area contributed by atoms with Gasteiger partial charge in [-0.3, -0.25) is 10.1 Å². The van der Waals surface area contributed by atoms with Gasteiger partial charge in [0.2, 0.25) is 0 Å². The lowest BCUT2D eigenvalue weighted by Gasteiger charge is -2.03. The number of anilines is 1. The van der Waals surface area contributed by atoms with Crippen LogP contribution in [0.15, 0.2) is 24.3 Å². The van der Waals surface area contributed by atoms with Crippen LogP contribution in [0.1, 0.15) is 11.3 Å². The Kier molecular flexibility index (Phi) is 2.73. The number of aromatic nitrogens is 3. The minimum absolute atomic E-state index is 0.0728. The molecule has 0 unspecified atom stereocenters. The minimum Gasteiger partial charge on any atom is -0.381 e. The van der Waals surface area contributed by atoms with Gasteiger partial charge in [-0.05, 0) is 12.5 Å². The van der Waals surface area contributed by atoms with Crippen molar-refractivity contribution in [3.63, 3.8) is 0 Å². The first-order valence-corrected chi connectivity index (χ1v) is 4.97. The molecule has 0 aliphatic rings. The molecule has 2 N–H and O–H groups in total. The summed E-state index contributed by atoms with van der Waals surface area (Å²) in [6, 6.07) is 6.31. The Morgan fingerprint density at radius 3 is 2.53 bits per heavy atom. The monoisotopic (exact) mass is 233 g/mol. The van der Waals surface area contributed by atoms with Gasteiger partial charge in [0.05, 0.1) is 17.2 Å². The summed E-state index contributed by atoms with van der Waals surface area (Å²) in [5.74, 6) is 0.395. The summed E-state index contributed by atoms with van der Waals surface area (Å²) in [5, 5.41) is 18.1. The normalized spacial score (nSPS) is 10.4. The van der Waals surface area contributed by atoms with Gasteiger partial charge in [-0.1, -0.05) is 17.3 Å². The number of nitrogen functional groups attached to an aromatic ring is 1. The van der Waals surface area contributed by atoms with Gasteiger partial charge in [-0.15, -0.1) is 5.10 Å². The van der Waals surface area contributed by atoms with Crippen molar-refractivity contribution in [2.75, 3.05) is 5.73 Å². The molecule has 0 atom stereocenters. The lowest BCUT2D eigenvalue weighted by atomic mass is 10.2. The van der Waals surface area contributed by atoms with Crippen molar-refractivity contribution >= 4 is 11.5 Å². The van der Waals surface area contributed by atoms with E-state index < -0.39 is 4.92 Å². The quantitative estimate of drug-likeness (QED) is 0.632. The number of benzene rings is 1. The summed E-state index contributed by atoms with van der Waals surface area (Å²) in [6.45, 7) is 2.31. The predicted octanol–water partition coefficient (Wildman–Crippen LogP) is 1.13. The Morgan fingerprint density at radius 2 is 2.06 bits per heavy atom. The smallest absolute Gasteiger partial charge is 0.269 e. The van der Waals surface area contributed by atoms with E-state index in [1.807, 2.05) is 6.92 Å². The molecule has 2 rings (SSSR count). The van der Waals surface area contributed by atoms with Crippen molar-refractivity contribution in [3.8, 4) is 0 Å². The molecule has 0 fully saturated rings. The average Bonchev–Trinajstić information content (AvgIpc) is 2.62. The summed E-state index contributed by atoms with van der Waals surface area (Å²) < 4.78 is 1.65. The van der Waals surface area contributed by atoms with Gasteiger partial charge in [-0.25, -0.2) is 4.68 Å². The molecule has 1 aromatic carbocycles. The van der Waals surface area contributed by atoms with Crippen LogP contribution in [-0.4, -0.2) is 19.9 Å². The maximum absolute atomic E-state index is 10.5. The number of non-ortho nitro benzene ring substituents is 1. The zero-order valence-corrected chi connectivity index (χ0v) is 9.20. The first-order chi connectivity index (χ1) is 8.08. The zero-order valence-electron chi connectivity index (χ0n) is 9.20. The average molecular weight is 233 g/mol. The van der Waals surface area contributed by atoms with E-state index >= 15 is 0 Å². The highest BCUT2D eigenvalue weighted by molar-refractivity contribution is 5.34. The first kappa shape index (κ1) is 11.1. The third kappa shape index (κ3) is 2.22. The molecule has 7 nitrogen and oxygen atoms in total. The summed E-state index contributed by atoms with van der Waals surface area (Å²) in [6.07, 6.45) is 0. The van der Waals surface area contributed by atoms with E-state index in [0.29, 0.717) is 12.4 Å². The van der Waals surface area contributed by atoms with Crippen LogP contribution in [0.2, 0.25) is 0 Å². The third-order valence-electron chi connectivity index (χ3n) is 2.50. The van der Waals surface area contributed by atoms with Gasteiger partial charge < -0.3 is 5.73 Å². The van der Waals surface area contributed by atoms with Gasteiger partial charge in [0, 0.05) is 12.1 Å². The van der Waals surface area contributed by atoms with Crippen molar-refractivity contribution in [2.24, 2.45) is 0 Å². The Hall–Kier alpha value is -2.44. The van der Waals surface area contributed by atoms with Crippen LogP contribution < -0.4 is 5.73 Å². The molecular formula is C10H11N5O2. The second-order valence-electron chi connectivity index (χ2n) is 3.64. The predicted molar refractivity (Wildman–Crippen MR) is 61.4 cm³/mol. The van der Waals surface area contributed by atoms with E-state index in [1.54, 1.807) is 16.8 Å². The zero-order chi connectivity index (χ0) is 12.4. The molecule has 0 amide bonds. The van der Waals surface area contributed by atoms with Crippen LogP contribution in [0, 0.1) is 17.0 Å². The highest BCUT2D eigenvalue weighted by atomic mass is 16.6. The number of hydrogen-bond donors (Lipinski definition) is 1. The lowest BCUT2D eigenvalue weighted by molar-refractivity contribution is -0.384. The number of nitro groups is 1. The molecule has 0 aliphatic carbocycles. The fraction of sp³-hybridized carbons (Fsp3) is 0.200. The van der Waals surface area contributed by atoms with E-state index in [1.165, 1.54) is 12.1 Å². The van der Waals surface area contributed by atoms with E-state index in [9.17, 15) is 10.1 Å². The standard InChI is InChI=1S/C10H11N5O2/c1-7-10(11)12-13-14(7)6-8-2-4-9(5-3-8)15(16)17/h2-5H,6,11H2,1H3. The summed E-state index contributed by atoms with van der Waals surface area (Å²) in [4.78, 5) is 10.1. The van der Waals surface area contributed by atoms with Crippen LogP contribution in [-0.2, 0) is 6.54 Å². The van der Waals surface area contributed by atoms with Crippen molar-refractivity contribution < 1.29 is 4.92 Å². The Balaban J connectivity index is 2.19. The number of nitro benzene ring substituents is 1. The van der Waals surface area contributed by atoms with E-state index in [2.05, 4.69) is 10.3 Å². The van der Waals surface area contributed by atoms with Crippen LogP contribution in [0.3, 0.4) is 0 Å². The molecule has 7 heteroatoms. The van der Waals surface area contributed by atoms with Crippen molar-refractivity contribution in [1.82, 2.24) is 15.0 Å². The third-order valence-corrected chi connectivity index (χ3v) is 2.50. The van der Waals surface area contributed by atoms with Gasteiger partial charge in [0.15, 0.2) is 5.82 Å². The summed E-state index contributed by atoms with van der Waals surface area (Å²) in [5.41, 5.74) is 7.33. The molecule has 0 aliphatic heterocycles. The molecule has 0 saturated heterocycles. The largest absolute Gasteiger partial charge is 0.381 e. The van der Waals surface area contributed by atoms with E-state index in [-0.39, 0.29) is 5.69 Å². The number of hydrogen-bond acceptors (Lipinski definition) is 5. The fourth-order valence-corrected chi connectivity index (χ4v) is 1.42. The van der Waals surface area contributed by atoms with Crippen LogP contribution in [0.5, 0.6) is 0 Å². The Labute approximate surface area is 97.0 Å². The number of rotatable bonds is 3. The molecule has 0 bridgehead atoms. The first-order valence-electron chi connectivity index (χ1n) is 4.97. The molecule has 0 spiro atoms. The molecule has 1 aromatic heterocycles. The fourth-order valence-electron chi connectivity index (χ4n) is 1.42. The van der Waals surface area contributed by atoms with Gasteiger partial charge in [0.1, 0.15) is 0 Å². The Morgan fingerprint density at radius 1 is 1.41 bits per heavy atom. The maximum atomic E-state index is 10.5. The van der Waals surface area contributed by atoms with Gasteiger partial charge in [-0.2, -0.15) is 0 Å². The molecule has 17 heavy (non-hydrogen) atoms. The molecule has 0 saturated carbocycles. The second kappa shape index (κ2) is 4.20. The van der Waals surface area contributed by atoms with Crippen LogP contribution in [0.4, 0.5) is 11.5 Å². The SMILES string of the molecule is Cc1c(N)nnn1Cc1ccc([N+](=O)[O-])cc1. The molecular weight excluding hydrogens is 222 g/mol. The maximum Gasteiger partial charge on any atom is 0.269 e. The number of nitrogens with two attached hydrogens (primary N) is 1.